The molecule has 1 amide bonds. The second kappa shape index (κ2) is 11.4. The Balaban J connectivity index is 0.000000567. The van der Waals surface area contributed by atoms with E-state index >= 15 is 0 Å². The zero-order chi connectivity index (χ0) is 32.0. The predicted octanol–water partition coefficient (Wildman–Crippen LogP) is 5.00. The minimum absolute atomic E-state index is 0. The number of aliphatic hydroxyl groups is 2. The second-order valence-corrected chi connectivity index (χ2v) is 18.2. The van der Waals surface area contributed by atoms with Crippen LogP contribution in [0.15, 0.2) is 0 Å². The van der Waals surface area contributed by atoms with Gasteiger partial charge in [0.15, 0.2) is 6.29 Å². The molecular formula is C37H64N2O6. The fourth-order valence-corrected chi connectivity index (χ4v) is 12.6. The molecule has 8 nitrogen and oxygen atoms in total. The van der Waals surface area contributed by atoms with Crippen LogP contribution in [0.1, 0.15) is 107 Å². The van der Waals surface area contributed by atoms with Crippen LogP contribution >= 0.6 is 0 Å². The average molecular weight is 633 g/mol. The van der Waals surface area contributed by atoms with Crippen LogP contribution in [0.25, 0.3) is 0 Å². The number of aliphatic hydroxyl groups excluding tert-OH is 1. The van der Waals surface area contributed by atoms with Crippen LogP contribution in [0, 0.1) is 51.2 Å². The average Bonchev–Trinajstić information content (AvgIpc) is 3.57. The Hall–Kier alpha value is -0.770. The molecule has 8 rings (SSSR count). The summed E-state index contributed by atoms with van der Waals surface area (Å²) in [5.74, 6) is 3.70. The van der Waals surface area contributed by atoms with Crippen molar-refractivity contribution in [2.75, 3.05) is 32.8 Å². The number of morpholine rings is 1. The summed E-state index contributed by atoms with van der Waals surface area (Å²) in [6.07, 6.45) is 12.0. The number of hydrogen-bond donors (Lipinski definition) is 3. The summed E-state index contributed by atoms with van der Waals surface area (Å²) in [6, 6.07) is 0. The lowest BCUT2D eigenvalue weighted by atomic mass is 9.46. The SMILES string of the molecule is CC(C)(O)[C@@H](O)C1CCC2C(CC3C4CCC5C(C)(C)[C@@H](OC6CN(C=O)CCO6)CC[C@@]56CC46CC[C@]23C)O1.CC1CNC1.[HH]. The number of amides is 1. The van der Waals surface area contributed by atoms with E-state index in [-0.39, 0.29) is 31.4 Å². The Labute approximate surface area is 273 Å². The molecule has 0 bridgehead atoms. The number of carbonyl (C=O) groups is 1. The van der Waals surface area contributed by atoms with Gasteiger partial charge in [-0.3, -0.25) is 4.79 Å². The molecule has 258 valence electrons. The topological polar surface area (TPSA) is 100 Å². The van der Waals surface area contributed by atoms with Gasteiger partial charge in [0.1, 0.15) is 6.10 Å². The molecule has 2 spiro atoms. The van der Waals surface area contributed by atoms with Crippen LogP contribution in [0.2, 0.25) is 0 Å². The van der Waals surface area contributed by atoms with Gasteiger partial charge in [0.05, 0.1) is 37.1 Å². The van der Waals surface area contributed by atoms with Gasteiger partial charge in [0, 0.05) is 7.97 Å². The fourth-order valence-electron chi connectivity index (χ4n) is 12.6. The van der Waals surface area contributed by atoms with Crippen molar-refractivity contribution >= 4 is 6.41 Å². The van der Waals surface area contributed by atoms with Gasteiger partial charge in [-0.1, -0.05) is 27.7 Å². The minimum atomic E-state index is -1.14. The first kappa shape index (κ1) is 32.8. The molecule has 5 saturated carbocycles. The third-order valence-corrected chi connectivity index (χ3v) is 15.2. The van der Waals surface area contributed by atoms with Gasteiger partial charge >= 0.3 is 0 Å². The van der Waals surface area contributed by atoms with Gasteiger partial charge in [0.25, 0.3) is 0 Å². The lowest BCUT2D eigenvalue weighted by Crippen LogP contribution is -2.56. The second-order valence-electron chi connectivity index (χ2n) is 18.2. The highest BCUT2D eigenvalue weighted by molar-refractivity contribution is 5.47. The van der Waals surface area contributed by atoms with E-state index in [1.807, 2.05) is 0 Å². The molecule has 3 saturated heterocycles. The Morgan fingerprint density at radius 3 is 2.42 bits per heavy atom. The van der Waals surface area contributed by atoms with Crippen molar-refractivity contribution in [1.29, 1.82) is 0 Å². The molecule has 3 N–H and O–H groups in total. The zero-order valence-electron chi connectivity index (χ0n) is 28.9. The number of nitrogens with one attached hydrogen (secondary N) is 1. The van der Waals surface area contributed by atoms with Crippen molar-refractivity contribution < 1.29 is 30.6 Å². The van der Waals surface area contributed by atoms with Gasteiger partial charge < -0.3 is 34.6 Å². The van der Waals surface area contributed by atoms with Gasteiger partial charge in [0.2, 0.25) is 6.41 Å². The summed E-state index contributed by atoms with van der Waals surface area (Å²) >= 11 is 0. The van der Waals surface area contributed by atoms with Crippen LogP contribution in [0.4, 0.5) is 0 Å². The van der Waals surface area contributed by atoms with Crippen molar-refractivity contribution in [3.8, 4) is 0 Å². The van der Waals surface area contributed by atoms with Crippen molar-refractivity contribution in [2.24, 2.45) is 51.2 Å². The van der Waals surface area contributed by atoms with Gasteiger partial charge in [-0.25, -0.2) is 0 Å². The first-order valence-corrected chi connectivity index (χ1v) is 18.5. The third kappa shape index (κ3) is 5.17. The molecule has 8 heteroatoms. The number of rotatable bonds is 5. The molecule has 0 aromatic heterocycles. The standard InChI is InChI=1S/C33H53NO6.C4H9N.H2/c1-29(2)25-9-7-20-22-16-24-21(6-8-23(39-24)28(36)30(3,4)37)31(22,5)12-13-32(20)18-33(25,32)11-10-26(29)40-27-17-34(19-35)14-15-38-27;1-4-2-5-3-4;/h19-28,36-37H,6-18H2,1-5H3;4-5H,2-3H2,1H3;1H/t20?,21?,22?,23?,24?,25?,26-,27?,28-,31+,32?,33+;;/m0../s1. The quantitative estimate of drug-likeness (QED) is 0.367. The number of carbonyl (C=O) groups excluding carboxylic acids is 1. The number of ether oxygens (including phenoxy) is 3. The summed E-state index contributed by atoms with van der Waals surface area (Å²) in [7, 11) is 0. The molecule has 0 aromatic carbocycles. The Kier molecular flexibility index (Phi) is 8.30. The Morgan fingerprint density at radius 2 is 1.76 bits per heavy atom. The molecule has 3 aliphatic heterocycles. The highest BCUT2D eigenvalue weighted by Crippen LogP contribution is 2.87. The number of fused-ring (bicyclic) bond motifs is 4. The van der Waals surface area contributed by atoms with E-state index in [1.165, 1.54) is 51.6 Å². The fraction of sp³-hybridized carbons (Fsp3) is 0.973. The van der Waals surface area contributed by atoms with E-state index in [2.05, 4.69) is 33.0 Å². The normalized spacial score (nSPS) is 49.0. The van der Waals surface area contributed by atoms with E-state index in [9.17, 15) is 15.0 Å². The van der Waals surface area contributed by atoms with Crippen LogP contribution in [0.3, 0.4) is 0 Å². The number of hydrogen-bond acceptors (Lipinski definition) is 7. The molecule has 0 aromatic rings. The lowest BCUT2D eigenvalue weighted by molar-refractivity contribution is -0.243. The minimum Gasteiger partial charge on any atom is -0.388 e. The van der Waals surface area contributed by atoms with E-state index < -0.39 is 11.7 Å². The lowest BCUT2D eigenvalue weighted by Gasteiger charge is -2.60. The molecular weight excluding hydrogens is 568 g/mol. The molecule has 45 heavy (non-hydrogen) atoms. The zero-order valence-corrected chi connectivity index (χ0v) is 28.9. The molecule has 12 atom stereocenters. The molecule has 5 aliphatic carbocycles. The summed E-state index contributed by atoms with van der Waals surface area (Å²) in [4.78, 5) is 13.1. The van der Waals surface area contributed by atoms with Crippen molar-refractivity contribution in [3.05, 3.63) is 0 Å². The molecule has 8 unspecified atom stereocenters. The molecule has 8 fully saturated rings. The first-order valence-electron chi connectivity index (χ1n) is 18.5. The highest BCUT2D eigenvalue weighted by Gasteiger charge is 2.80. The van der Waals surface area contributed by atoms with E-state index in [4.69, 9.17) is 14.2 Å². The Morgan fingerprint density at radius 1 is 1.02 bits per heavy atom. The van der Waals surface area contributed by atoms with E-state index in [0.29, 0.717) is 53.7 Å². The van der Waals surface area contributed by atoms with Crippen LogP contribution < -0.4 is 5.32 Å². The van der Waals surface area contributed by atoms with Crippen molar-refractivity contribution in [2.45, 2.75) is 142 Å². The first-order chi connectivity index (χ1) is 21.2. The number of nitrogens with zero attached hydrogens (tertiary/aromatic N) is 1. The van der Waals surface area contributed by atoms with Crippen molar-refractivity contribution in [3.63, 3.8) is 0 Å². The maximum absolute atomic E-state index is 11.3. The summed E-state index contributed by atoms with van der Waals surface area (Å²) in [5, 5.41) is 24.4. The van der Waals surface area contributed by atoms with Crippen molar-refractivity contribution in [1.82, 2.24) is 10.2 Å². The molecule has 8 aliphatic rings. The van der Waals surface area contributed by atoms with Crippen LogP contribution in [0.5, 0.6) is 0 Å². The summed E-state index contributed by atoms with van der Waals surface area (Å²) in [6.45, 7) is 17.3. The molecule has 3 heterocycles. The van der Waals surface area contributed by atoms with Gasteiger partial charge in [-0.2, -0.15) is 0 Å². The third-order valence-electron chi connectivity index (χ3n) is 15.2. The maximum atomic E-state index is 11.3. The summed E-state index contributed by atoms with van der Waals surface area (Å²) in [5.41, 5.74) is 0.227. The monoisotopic (exact) mass is 632 g/mol. The largest absolute Gasteiger partial charge is 0.388 e. The maximum Gasteiger partial charge on any atom is 0.209 e. The molecule has 0 radical (unpaired) electrons. The highest BCUT2D eigenvalue weighted by atomic mass is 16.7. The van der Waals surface area contributed by atoms with Gasteiger partial charge in [-0.05, 0) is 142 Å². The summed E-state index contributed by atoms with van der Waals surface area (Å²) < 4.78 is 19.3. The smallest absolute Gasteiger partial charge is 0.209 e. The van der Waals surface area contributed by atoms with E-state index in [0.717, 1.165) is 43.9 Å². The predicted molar refractivity (Wildman–Crippen MR) is 174 cm³/mol. The van der Waals surface area contributed by atoms with Crippen LogP contribution in [-0.4, -0.2) is 90.6 Å². The van der Waals surface area contributed by atoms with Gasteiger partial charge in [-0.15, -0.1) is 0 Å². The van der Waals surface area contributed by atoms with E-state index in [1.54, 1.807) is 18.7 Å². The van der Waals surface area contributed by atoms with Crippen LogP contribution in [-0.2, 0) is 19.0 Å². The Bertz CT molecular complexity index is 1110.